The molecule has 1 aliphatic carbocycles. The molecule has 1 unspecified atom stereocenters. The van der Waals surface area contributed by atoms with E-state index in [0.29, 0.717) is 6.42 Å². The number of pyridine rings is 1. The van der Waals surface area contributed by atoms with Gasteiger partial charge in [0.1, 0.15) is 0 Å². The third-order valence-corrected chi connectivity index (χ3v) is 3.72. The van der Waals surface area contributed by atoms with Crippen LogP contribution in [0, 0.1) is 11.6 Å². The molecular formula is C16H13F2NO. The minimum atomic E-state index is -0.993. The maximum Gasteiger partial charge on any atom is 0.172 e. The van der Waals surface area contributed by atoms with E-state index in [0.717, 1.165) is 36.2 Å². The standard InChI is InChI=1S/C16H13F2NO/c17-13-7-6-11(9-14(13)18)16(20)12-5-1-3-10-4-2-8-19-15(10)12/h2,4,6-9,12H,1,3,5H2. The highest BCUT2D eigenvalue weighted by Crippen LogP contribution is 2.32. The maximum absolute atomic E-state index is 13.3. The number of hydrogen-bond acceptors (Lipinski definition) is 2. The molecule has 0 fully saturated rings. The molecule has 0 N–H and O–H groups in total. The van der Waals surface area contributed by atoms with Gasteiger partial charge in [0.2, 0.25) is 0 Å². The van der Waals surface area contributed by atoms with Gasteiger partial charge in [0.15, 0.2) is 17.4 Å². The number of carbonyl (C=O) groups is 1. The molecule has 1 aromatic carbocycles. The monoisotopic (exact) mass is 273 g/mol. The summed E-state index contributed by atoms with van der Waals surface area (Å²) in [6.07, 6.45) is 4.17. The molecule has 1 aromatic heterocycles. The number of aromatic nitrogens is 1. The van der Waals surface area contributed by atoms with Crippen molar-refractivity contribution in [3.63, 3.8) is 0 Å². The fraction of sp³-hybridized carbons (Fsp3) is 0.250. The second-order valence-electron chi connectivity index (χ2n) is 4.99. The molecule has 0 aliphatic heterocycles. The van der Waals surface area contributed by atoms with E-state index < -0.39 is 11.6 Å². The molecule has 0 amide bonds. The van der Waals surface area contributed by atoms with Gasteiger partial charge in [-0.05, 0) is 49.1 Å². The SMILES string of the molecule is O=C(c1ccc(F)c(F)c1)C1CCCc2cccnc21. The summed E-state index contributed by atoms with van der Waals surface area (Å²) in [5, 5.41) is 0. The van der Waals surface area contributed by atoms with Gasteiger partial charge >= 0.3 is 0 Å². The highest BCUT2D eigenvalue weighted by atomic mass is 19.2. The first kappa shape index (κ1) is 12.9. The summed E-state index contributed by atoms with van der Waals surface area (Å²) in [5.41, 5.74) is 2.04. The number of Topliss-reactive ketones (excluding diaryl/α,β-unsaturated/α-hetero) is 1. The Labute approximate surface area is 115 Å². The van der Waals surface area contributed by atoms with Crippen LogP contribution < -0.4 is 0 Å². The van der Waals surface area contributed by atoms with Crippen molar-refractivity contribution in [2.75, 3.05) is 0 Å². The molecule has 0 bridgehead atoms. The zero-order valence-corrected chi connectivity index (χ0v) is 10.8. The molecule has 0 radical (unpaired) electrons. The summed E-state index contributed by atoms with van der Waals surface area (Å²) >= 11 is 0. The first-order valence-electron chi connectivity index (χ1n) is 6.60. The number of carbonyl (C=O) groups excluding carboxylic acids is 1. The third kappa shape index (κ3) is 2.22. The van der Waals surface area contributed by atoms with Crippen molar-refractivity contribution in [2.24, 2.45) is 0 Å². The summed E-state index contributed by atoms with van der Waals surface area (Å²) in [6.45, 7) is 0. The van der Waals surface area contributed by atoms with Crippen molar-refractivity contribution in [3.05, 3.63) is 65.0 Å². The fourth-order valence-corrected chi connectivity index (χ4v) is 2.72. The normalized spacial score (nSPS) is 17.6. The van der Waals surface area contributed by atoms with Crippen molar-refractivity contribution in [1.82, 2.24) is 4.98 Å². The zero-order valence-electron chi connectivity index (χ0n) is 10.8. The van der Waals surface area contributed by atoms with Crippen LogP contribution in [0.25, 0.3) is 0 Å². The summed E-state index contributed by atoms with van der Waals surface area (Å²) in [4.78, 5) is 16.8. The van der Waals surface area contributed by atoms with E-state index in [1.807, 2.05) is 12.1 Å². The van der Waals surface area contributed by atoms with Gasteiger partial charge in [-0.2, -0.15) is 0 Å². The van der Waals surface area contributed by atoms with Gasteiger partial charge in [0.25, 0.3) is 0 Å². The summed E-state index contributed by atoms with van der Waals surface area (Å²) in [7, 11) is 0. The molecule has 2 aromatic rings. The Morgan fingerprint density at radius 2 is 2.05 bits per heavy atom. The van der Waals surface area contributed by atoms with E-state index >= 15 is 0 Å². The predicted octanol–water partition coefficient (Wildman–Crippen LogP) is 3.66. The fourth-order valence-electron chi connectivity index (χ4n) is 2.72. The van der Waals surface area contributed by atoms with E-state index in [1.54, 1.807) is 6.20 Å². The van der Waals surface area contributed by atoms with Crippen LogP contribution in [0.3, 0.4) is 0 Å². The van der Waals surface area contributed by atoms with Crippen molar-refractivity contribution in [3.8, 4) is 0 Å². The Hall–Kier alpha value is -2.10. The lowest BCUT2D eigenvalue weighted by Crippen LogP contribution is -2.20. The van der Waals surface area contributed by atoms with Gasteiger partial charge in [-0.25, -0.2) is 8.78 Å². The predicted molar refractivity (Wildman–Crippen MR) is 70.6 cm³/mol. The minimum Gasteiger partial charge on any atom is -0.293 e. The molecule has 102 valence electrons. The third-order valence-electron chi connectivity index (χ3n) is 3.72. The Morgan fingerprint density at radius 3 is 2.85 bits per heavy atom. The smallest absolute Gasteiger partial charge is 0.172 e. The molecule has 4 heteroatoms. The first-order valence-corrected chi connectivity index (χ1v) is 6.60. The first-order chi connectivity index (χ1) is 9.66. The molecule has 0 spiro atoms. The Balaban J connectivity index is 1.97. The Bertz CT molecular complexity index is 669. The number of fused-ring (bicyclic) bond motifs is 1. The maximum atomic E-state index is 13.3. The highest BCUT2D eigenvalue weighted by Gasteiger charge is 2.28. The number of nitrogens with zero attached hydrogens (tertiary/aromatic N) is 1. The molecular weight excluding hydrogens is 260 g/mol. The molecule has 0 saturated heterocycles. The lowest BCUT2D eigenvalue weighted by Gasteiger charge is -2.23. The van der Waals surface area contributed by atoms with Crippen LogP contribution in [-0.2, 0) is 6.42 Å². The molecule has 1 atom stereocenters. The highest BCUT2D eigenvalue weighted by molar-refractivity contribution is 6.01. The molecule has 20 heavy (non-hydrogen) atoms. The molecule has 0 saturated carbocycles. The number of hydrogen-bond donors (Lipinski definition) is 0. The van der Waals surface area contributed by atoms with Crippen LogP contribution in [0.2, 0.25) is 0 Å². The van der Waals surface area contributed by atoms with Crippen LogP contribution in [0.1, 0.15) is 40.4 Å². The van der Waals surface area contributed by atoms with Crippen LogP contribution in [0.4, 0.5) is 8.78 Å². The second kappa shape index (κ2) is 5.12. The minimum absolute atomic E-state index is 0.191. The van der Waals surface area contributed by atoms with Crippen LogP contribution in [0.15, 0.2) is 36.5 Å². The van der Waals surface area contributed by atoms with Gasteiger partial charge in [-0.15, -0.1) is 0 Å². The van der Waals surface area contributed by atoms with Gasteiger partial charge in [-0.1, -0.05) is 6.07 Å². The van der Waals surface area contributed by atoms with Crippen LogP contribution >= 0.6 is 0 Å². The van der Waals surface area contributed by atoms with Crippen molar-refractivity contribution >= 4 is 5.78 Å². The number of halogens is 2. The van der Waals surface area contributed by atoms with Crippen molar-refractivity contribution in [2.45, 2.75) is 25.2 Å². The number of aryl methyl sites for hydroxylation is 1. The van der Waals surface area contributed by atoms with E-state index in [4.69, 9.17) is 0 Å². The summed E-state index contributed by atoms with van der Waals surface area (Å²) in [5.74, 6) is -2.48. The zero-order chi connectivity index (χ0) is 14.1. The van der Waals surface area contributed by atoms with E-state index in [9.17, 15) is 13.6 Å². The van der Waals surface area contributed by atoms with Crippen molar-refractivity contribution in [1.29, 1.82) is 0 Å². The van der Waals surface area contributed by atoms with Gasteiger partial charge in [0.05, 0.1) is 11.6 Å². The van der Waals surface area contributed by atoms with Crippen LogP contribution in [0.5, 0.6) is 0 Å². The van der Waals surface area contributed by atoms with E-state index in [1.165, 1.54) is 6.07 Å². The lowest BCUT2D eigenvalue weighted by molar-refractivity contribution is 0.0948. The molecule has 3 rings (SSSR count). The van der Waals surface area contributed by atoms with E-state index in [2.05, 4.69) is 4.98 Å². The molecule has 2 nitrogen and oxygen atoms in total. The van der Waals surface area contributed by atoms with Crippen LogP contribution in [-0.4, -0.2) is 10.8 Å². The van der Waals surface area contributed by atoms with Gasteiger partial charge < -0.3 is 0 Å². The molecule has 1 aliphatic rings. The average molecular weight is 273 g/mol. The Kier molecular flexibility index (Phi) is 3.30. The summed E-state index contributed by atoms with van der Waals surface area (Å²) < 4.78 is 26.2. The number of benzene rings is 1. The summed E-state index contributed by atoms with van der Waals surface area (Å²) in [6, 6.07) is 7.11. The quantitative estimate of drug-likeness (QED) is 0.781. The Morgan fingerprint density at radius 1 is 1.20 bits per heavy atom. The second-order valence-corrected chi connectivity index (χ2v) is 4.99. The van der Waals surface area contributed by atoms with Gasteiger partial charge in [-0.3, -0.25) is 9.78 Å². The van der Waals surface area contributed by atoms with Crippen molar-refractivity contribution < 1.29 is 13.6 Å². The average Bonchev–Trinajstić information content (AvgIpc) is 2.49. The largest absolute Gasteiger partial charge is 0.293 e. The number of ketones is 1. The lowest BCUT2D eigenvalue weighted by atomic mass is 9.82. The molecule has 1 heterocycles. The number of rotatable bonds is 2. The topological polar surface area (TPSA) is 30.0 Å². The van der Waals surface area contributed by atoms with E-state index in [-0.39, 0.29) is 17.3 Å². The van der Waals surface area contributed by atoms with Gasteiger partial charge in [0, 0.05) is 11.8 Å².